The summed E-state index contributed by atoms with van der Waals surface area (Å²) in [6.07, 6.45) is 3.45. The average molecular weight is 182 g/mol. The number of aryl methyl sites for hydroxylation is 1. The Balaban J connectivity index is 2.59. The number of nitrogens with zero attached hydrogens (tertiary/aromatic N) is 2. The summed E-state index contributed by atoms with van der Waals surface area (Å²) >= 11 is 0. The Bertz CT molecular complexity index is 330. The molecule has 0 spiro atoms. The number of aromatic nitrogens is 2. The fourth-order valence-corrected chi connectivity index (χ4v) is 0.921. The topological polar surface area (TPSA) is 66.0 Å². The van der Waals surface area contributed by atoms with E-state index in [0.29, 0.717) is 13.0 Å². The average Bonchev–Trinajstić information content (AvgIpc) is 2.48. The summed E-state index contributed by atoms with van der Waals surface area (Å²) < 4.78 is 2.55. The predicted molar refractivity (Wildman–Crippen MR) is 40.7 cm³/mol. The number of carbonyl (C=O) groups excluding carboxylic acids is 2. The van der Waals surface area contributed by atoms with Crippen LogP contribution in [0.25, 0.3) is 0 Å². The van der Waals surface area contributed by atoms with Crippen LogP contribution in [0.15, 0.2) is 18.7 Å². The van der Waals surface area contributed by atoms with Crippen molar-refractivity contribution in [3.8, 4) is 0 Å². The third-order valence-corrected chi connectivity index (χ3v) is 1.62. The lowest BCUT2D eigenvalue weighted by atomic mass is 10.3. The van der Waals surface area contributed by atoms with Crippen molar-refractivity contribution in [2.45, 2.75) is 19.9 Å². The summed E-state index contributed by atoms with van der Waals surface area (Å²) in [5, 5.41) is 10.3. The minimum Gasteiger partial charge on any atom is -0.510 e. The summed E-state index contributed by atoms with van der Waals surface area (Å²) in [6, 6.07) is 0. The lowest BCUT2D eigenvalue weighted by molar-refractivity contribution is -0.630. The van der Waals surface area contributed by atoms with Crippen LogP contribution in [-0.4, -0.2) is 16.4 Å². The molecule has 0 amide bonds. The van der Waals surface area contributed by atoms with Gasteiger partial charge in [-0.15, -0.1) is 0 Å². The van der Waals surface area contributed by atoms with Gasteiger partial charge in [-0.2, -0.15) is 4.57 Å². The molecule has 1 aromatic rings. The number of hydrogen-bond donors (Lipinski definition) is 0. The molecule has 0 aliphatic rings. The van der Waals surface area contributed by atoms with Gasteiger partial charge in [0, 0.05) is 6.42 Å². The maximum Gasteiger partial charge on any atom is 0.250 e. The van der Waals surface area contributed by atoms with Crippen molar-refractivity contribution in [2.75, 3.05) is 0 Å². The fourth-order valence-electron chi connectivity index (χ4n) is 0.921. The number of Topliss-reactive ketones (excluding diaryl/α,β-unsaturated/α-hetero) is 1. The highest BCUT2D eigenvalue weighted by atomic mass is 16.4. The van der Waals surface area contributed by atoms with Crippen LogP contribution in [0.3, 0.4) is 0 Å². The molecule has 0 aliphatic carbocycles. The van der Waals surface area contributed by atoms with Gasteiger partial charge >= 0.3 is 0 Å². The molecule has 5 heteroatoms. The molecule has 5 nitrogen and oxygen atoms in total. The first-order chi connectivity index (χ1) is 6.09. The first-order valence-corrected chi connectivity index (χ1v) is 3.87. The van der Waals surface area contributed by atoms with Crippen molar-refractivity contribution >= 4 is 11.9 Å². The van der Waals surface area contributed by atoms with Gasteiger partial charge in [-0.05, 0) is 6.92 Å². The van der Waals surface area contributed by atoms with Crippen molar-refractivity contribution in [3.05, 3.63) is 18.7 Å². The normalized spacial score (nSPS) is 9.92. The van der Waals surface area contributed by atoms with Gasteiger partial charge in [0.25, 0.3) is 0 Å². The zero-order chi connectivity index (χ0) is 9.84. The number of carboxylic acid groups (broad SMARTS) is 1. The molecule has 0 bridgehead atoms. The van der Waals surface area contributed by atoms with E-state index in [9.17, 15) is 14.7 Å². The zero-order valence-corrected chi connectivity index (χ0v) is 7.27. The van der Waals surface area contributed by atoms with Gasteiger partial charge in [-0.25, -0.2) is 4.57 Å². The summed E-state index contributed by atoms with van der Waals surface area (Å²) in [5.74, 6) is 0.0775. The van der Waals surface area contributed by atoms with Crippen LogP contribution in [-0.2, 0) is 11.3 Å². The first kappa shape index (κ1) is 9.44. The molecule has 0 atom stereocenters. The van der Waals surface area contributed by atoms with E-state index in [1.54, 1.807) is 10.8 Å². The molecule has 1 aromatic heterocycles. The van der Waals surface area contributed by atoms with Crippen LogP contribution in [0.2, 0.25) is 0 Å². The van der Waals surface area contributed by atoms with E-state index < -0.39 is 6.09 Å². The smallest absolute Gasteiger partial charge is 0.250 e. The van der Waals surface area contributed by atoms with E-state index >= 15 is 0 Å². The lowest BCUT2D eigenvalue weighted by Crippen LogP contribution is -2.50. The Kier molecular flexibility index (Phi) is 2.79. The lowest BCUT2D eigenvalue weighted by Gasteiger charge is -1.93. The molecular weight excluding hydrogens is 172 g/mol. The third kappa shape index (κ3) is 2.70. The van der Waals surface area contributed by atoms with Crippen LogP contribution in [0, 0.1) is 0 Å². The molecule has 0 N–H and O–H groups in total. The Morgan fingerprint density at radius 2 is 2.23 bits per heavy atom. The van der Waals surface area contributed by atoms with Gasteiger partial charge in [0.2, 0.25) is 12.4 Å². The Labute approximate surface area is 75.2 Å². The van der Waals surface area contributed by atoms with Crippen molar-refractivity contribution in [2.24, 2.45) is 0 Å². The van der Waals surface area contributed by atoms with E-state index in [1.807, 2.05) is 0 Å². The van der Waals surface area contributed by atoms with Gasteiger partial charge in [0.05, 0.1) is 6.54 Å². The van der Waals surface area contributed by atoms with Crippen molar-refractivity contribution in [1.82, 2.24) is 4.57 Å². The van der Waals surface area contributed by atoms with Gasteiger partial charge < -0.3 is 9.90 Å². The van der Waals surface area contributed by atoms with Crippen molar-refractivity contribution in [3.63, 3.8) is 0 Å². The van der Waals surface area contributed by atoms with Gasteiger partial charge in [-0.1, -0.05) is 0 Å². The van der Waals surface area contributed by atoms with Crippen molar-refractivity contribution < 1.29 is 19.3 Å². The number of carbonyl (C=O) groups is 2. The molecule has 0 fully saturated rings. The van der Waals surface area contributed by atoms with Gasteiger partial charge in [0.15, 0.2) is 0 Å². The largest absolute Gasteiger partial charge is 0.510 e. The quantitative estimate of drug-likeness (QED) is 0.560. The summed E-state index contributed by atoms with van der Waals surface area (Å²) in [6.45, 7) is 1.99. The Morgan fingerprint density at radius 3 is 2.69 bits per heavy atom. The number of ketones is 1. The molecule has 0 unspecified atom stereocenters. The molecule has 0 saturated carbocycles. The van der Waals surface area contributed by atoms with E-state index in [4.69, 9.17) is 0 Å². The summed E-state index contributed by atoms with van der Waals surface area (Å²) in [5.41, 5.74) is 0. The monoisotopic (exact) mass is 182 g/mol. The molecule has 0 saturated heterocycles. The van der Waals surface area contributed by atoms with E-state index in [1.165, 1.54) is 19.4 Å². The SMILES string of the molecule is CC(=O)CCn1cc[n+](C(=O)[O-])c1. The first-order valence-electron chi connectivity index (χ1n) is 3.87. The van der Waals surface area contributed by atoms with Gasteiger partial charge in [-0.3, -0.25) is 4.79 Å². The second-order valence-electron chi connectivity index (χ2n) is 2.78. The summed E-state index contributed by atoms with van der Waals surface area (Å²) in [4.78, 5) is 20.9. The maximum absolute atomic E-state index is 10.6. The highest BCUT2D eigenvalue weighted by Crippen LogP contribution is 1.89. The van der Waals surface area contributed by atoms with Crippen LogP contribution < -0.4 is 9.67 Å². The van der Waals surface area contributed by atoms with Crippen LogP contribution in [0.4, 0.5) is 4.79 Å². The second kappa shape index (κ2) is 3.84. The summed E-state index contributed by atoms with van der Waals surface area (Å²) in [7, 11) is 0. The van der Waals surface area contributed by atoms with E-state index in [2.05, 4.69) is 0 Å². The molecule has 13 heavy (non-hydrogen) atoms. The van der Waals surface area contributed by atoms with E-state index in [-0.39, 0.29) is 5.78 Å². The number of hydrogen-bond acceptors (Lipinski definition) is 3. The number of rotatable bonds is 3. The molecule has 70 valence electrons. The Morgan fingerprint density at radius 1 is 1.54 bits per heavy atom. The molecular formula is C8H10N2O3. The molecule has 0 radical (unpaired) electrons. The highest BCUT2D eigenvalue weighted by molar-refractivity contribution is 5.75. The predicted octanol–water partition coefficient (Wildman–Crippen LogP) is -1.05. The molecule has 1 heterocycles. The minimum atomic E-state index is -1.28. The fraction of sp³-hybridized carbons (Fsp3) is 0.375. The Hall–Kier alpha value is -1.65. The van der Waals surface area contributed by atoms with Gasteiger partial charge in [0.1, 0.15) is 18.2 Å². The zero-order valence-electron chi connectivity index (χ0n) is 7.27. The number of imidazole rings is 1. The standard InChI is InChI=1S/C8H10N2O3/c1-7(11)2-3-9-4-5-10(6-9)8(12)13/h4-6H,2-3H2,1H3. The van der Waals surface area contributed by atoms with E-state index in [0.717, 1.165) is 4.57 Å². The van der Waals surface area contributed by atoms with Crippen LogP contribution >= 0.6 is 0 Å². The molecule has 0 aliphatic heterocycles. The molecule has 1 rings (SSSR count). The third-order valence-electron chi connectivity index (χ3n) is 1.62. The molecule has 0 aromatic carbocycles. The second-order valence-corrected chi connectivity index (χ2v) is 2.78. The van der Waals surface area contributed by atoms with Crippen molar-refractivity contribution in [1.29, 1.82) is 0 Å². The minimum absolute atomic E-state index is 0.0775. The van der Waals surface area contributed by atoms with Crippen LogP contribution in [0.1, 0.15) is 13.3 Å². The maximum atomic E-state index is 10.6. The highest BCUT2D eigenvalue weighted by Gasteiger charge is 2.04. The van der Waals surface area contributed by atoms with Crippen LogP contribution in [0.5, 0.6) is 0 Å².